The van der Waals surface area contributed by atoms with Crippen LogP contribution in [0.25, 0.3) is 11.1 Å². The number of nitrogens with two attached hydrogens (primary N) is 1. The molecule has 1 atom stereocenters. The quantitative estimate of drug-likeness (QED) is 0.880. The van der Waals surface area contributed by atoms with Gasteiger partial charge in [0, 0.05) is 17.7 Å². The molecule has 0 radical (unpaired) electrons. The Kier molecular flexibility index (Phi) is 4.08. The van der Waals surface area contributed by atoms with Crippen molar-refractivity contribution >= 4 is 18.1 Å². The van der Waals surface area contributed by atoms with Crippen LogP contribution in [0.1, 0.15) is 10.4 Å². The van der Waals surface area contributed by atoms with Gasteiger partial charge in [-0.2, -0.15) is 0 Å². The molecule has 2 N–H and O–H groups in total. The molecule has 6 heteroatoms. The number of halogens is 1. The van der Waals surface area contributed by atoms with E-state index in [-0.39, 0.29) is 12.6 Å². The number of hydrogen-bond acceptors (Lipinski definition) is 4. The molecule has 1 fully saturated rings. The third-order valence-corrected chi connectivity index (χ3v) is 3.76. The number of aldehydes is 1. The highest BCUT2D eigenvalue weighted by Gasteiger charge is 2.31. The number of carbonyl (C=O) groups is 2. The predicted octanol–water partition coefficient (Wildman–Crippen LogP) is 2.59. The lowest BCUT2D eigenvalue weighted by Crippen LogP contribution is -2.27. The molecular weight excluding hydrogens is 299 g/mol. The Balaban J connectivity index is 1.88. The van der Waals surface area contributed by atoms with Crippen molar-refractivity contribution in [1.82, 2.24) is 0 Å². The number of benzene rings is 2. The van der Waals surface area contributed by atoms with Gasteiger partial charge in [0.05, 0.1) is 12.2 Å². The van der Waals surface area contributed by atoms with Gasteiger partial charge in [0.1, 0.15) is 18.2 Å². The van der Waals surface area contributed by atoms with E-state index in [0.29, 0.717) is 28.9 Å². The summed E-state index contributed by atoms with van der Waals surface area (Å²) in [4.78, 5) is 23.8. The van der Waals surface area contributed by atoms with Crippen molar-refractivity contribution < 1.29 is 18.7 Å². The van der Waals surface area contributed by atoms with Gasteiger partial charge in [0.2, 0.25) is 0 Å². The number of rotatable bonds is 4. The third kappa shape index (κ3) is 2.93. The summed E-state index contributed by atoms with van der Waals surface area (Å²) in [5.74, 6) is -0.453. The largest absolute Gasteiger partial charge is 0.443 e. The van der Waals surface area contributed by atoms with E-state index in [1.165, 1.54) is 11.0 Å². The van der Waals surface area contributed by atoms with Crippen molar-refractivity contribution in [1.29, 1.82) is 0 Å². The van der Waals surface area contributed by atoms with Crippen molar-refractivity contribution in [3.8, 4) is 11.1 Å². The van der Waals surface area contributed by atoms with E-state index in [9.17, 15) is 14.0 Å². The van der Waals surface area contributed by atoms with Crippen LogP contribution in [-0.4, -0.2) is 31.6 Å². The highest BCUT2D eigenvalue weighted by Crippen LogP contribution is 2.29. The lowest BCUT2D eigenvalue weighted by molar-refractivity contribution is 0.112. The lowest BCUT2D eigenvalue weighted by atomic mass is 10.0. The number of amides is 1. The molecule has 1 aliphatic heterocycles. The van der Waals surface area contributed by atoms with Crippen molar-refractivity contribution in [2.45, 2.75) is 6.10 Å². The van der Waals surface area contributed by atoms with E-state index in [2.05, 4.69) is 0 Å². The van der Waals surface area contributed by atoms with Crippen molar-refractivity contribution in [2.24, 2.45) is 5.73 Å². The highest BCUT2D eigenvalue weighted by molar-refractivity contribution is 5.90. The Hall–Kier alpha value is -2.73. The molecule has 0 bridgehead atoms. The molecule has 0 saturated carbocycles. The van der Waals surface area contributed by atoms with Gasteiger partial charge in [-0.1, -0.05) is 24.3 Å². The highest BCUT2D eigenvalue weighted by atomic mass is 19.1. The Morgan fingerprint density at radius 3 is 2.57 bits per heavy atom. The SMILES string of the molecule is NC[C@H]1CN(c2ccc(-c3ccc(C=O)cc3)c(F)c2)C(=O)O1. The first-order valence-electron chi connectivity index (χ1n) is 7.15. The number of hydrogen-bond donors (Lipinski definition) is 1. The summed E-state index contributed by atoms with van der Waals surface area (Å²) in [6, 6.07) is 11.2. The molecule has 118 valence electrons. The van der Waals surface area contributed by atoms with Crippen LogP contribution in [0.15, 0.2) is 42.5 Å². The number of ether oxygens (including phenoxy) is 1. The van der Waals surface area contributed by atoms with E-state index in [1.54, 1.807) is 36.4 Å². The van der Waals surface area contributed by atoms with Gasteiger partial charge in [-0.3, -0.25) is 9.69 Å². The molecule has 1 heterocycles. The molecule has 1 aliphatic rings. The van der Waals surface area contributed by atoms with Crippen LogP contribution in [0.4, 0.5) is 14.9 Å². The molecule has 23 heavy (non-hydrogen) atoms. The first-order valence-corrected chi connectivity index (χ1v) is 7.15. The molecule has 1 saturated heterocycles. The number of cyclic esters (lactones) is 1. The first kappa shape index (κ1) is 15.2. The number of carbonyl (C=O) groups excluding carboxylic acids is 2. The Morgan fingerprint density at radius 1 is 1.26 bits per heavy atom. The van der Waals surface area contributed by atoms with Crippen LogP contribution >= 0.6 is 0 Å². The fourth-order valence-corrected chi connectivity index (χ4v) is 2.50. The maximum atomic E-state index is 14.4. The summed E-state index contributed by atoms with van der Waals surface area (Å²) in [7, 11) is 0. The molecule has 0 aliphatic carbocycles. The summed E-state index contributed by atoms with van der Waals surface area (Å²) in [6.07, 6.45) is -0.167. The van der Waals surface area contributed by atoms with Gasteiger partial charge in [-0.15, -0.1) is 0 Å². The molecule has 2 aromatic rings. The van der Waals surface area contributed by atoms with E-state index in [1.807, 2.05) is 0 Å². The minimum atomic E-state index is -0.525. The summed E-state index contributed by atoms with van der Waals surface area (Å²) in [5.41, 5.74) is 7.49. The minimum Gasteiger partial charge on any atom is -0.443 e. The van der Waals surface area contributed by atoms with E-state index in [4.69, 9.17) is 10.5 Å². The molecule has 2 aromatic carbocycles. The average Bonchev–Trinajstić information content (AvgIpc) is 2.96. The molecular formula is C17H15FN2O3. The second-order valence-electron chi connectivity index (χ2n) is 5.26. The maximum absolute atomic E-state index is 14.4. The van der Waals surface area contributed by atoms with Crippen molar-refractivity contribution in [3.63, 3.8) is 0 Å². The second kappa shape index (κ2) is 6.18. The monoisotopic (exact) mass is 314 g/mol. The maximum Gasteiger partial charge on any atom is 0.414 e. The Morgan fingerprint density at radius 2 is 2.00 bits per heavy atom. The van der Waals surface area contributed by atoms with Crippen LogP contribution in [-0.2, 0) is 4.74 Å². The molecule has 0 spiro atoms. The van der Waals surface area contributed by atoms with Gasteiger partial charge in [0.25, 0.3) is 0 Å². The third-order valence-electron chi connectivity index (χ3n) is 3.76. The zero-order valence-electron chi connectivity index (χ0n) is 12.2. The normalized spacial score (nSPS) is 17.2. The summed E-state index contributed by atoms with van der Waals surface area (Å²) >= 11 is 0. The van der Waals surface area contributed by atoms with Gasteiger partial charge in [0.15, 0.2) is 0 Å². The van der Waals surface area contributed by atoms with E-state index in [0.717, 1.165) is 6.29 Å². The fraction of sp³-hybridized carbons (Fsp3) is 0.176. The fourth-order valence-electron chi connectivity index (χ4n) is 2.50. The average molecular weight is 314 g/mol. The van der Waals surface area contributed by atoms with Crippen molar-refractivity contribution in [2.75, 3.05) is 18.0 Å². The van der Waals surface area contributed by atoms with Gasteiger partial charge < -0.3 is 10.5 Å². The molecule has 5 nitrogen and oxygen atoms in total. The number of anilines is 1. The summed E-state index contributed by atoms with van der Waals surface area (Å²) in [6.45, 7) is 0.536. The minimum absolute atomic E-state index is 0.228. The zero-order valence-corrected chi connectivity index (χ0v) is 12.2. The molecule has 0 aromatic heterocycles. The molecule has 0 unspecified atom stereocenters. The van der Waals surface area contributed by atoms with Crippen LogP contribution in [0, 0.1) is 5.82 Å². The summed E-state index contributed by atoms with van der Waals surface area (Å²) < 4.78 is 19.5. The Labute approximate surface area is 132 Å². The molecule has 1 amide bonds. The van der Waals surface area contributed by atoms with Gasteiger partial charge >= 0.3 is 6.09 Å². The van der Waals surface area contributed by atoms with Crippen LogP contribution < -0.4 is 10.6 Å². The van der Waals surface area contributed by atoms with Crippen molar-refractivity contribution in [3.05, 3.63) is 53.8 Å². The van der Waals surface area contributed by atoms with E-state index >= 15 is 0 Å². The second-order valence-corrected chi connectivity index (χ2v) is 5.26. The predicted molar refractivity (Wildman–Crippen MR) is 83.9 cm³/mol. The number of nitrogens with zero attached hydrogens (tertiary/aromatic N) is 1. The van der Waals surface area contributed by atoms with Crippen LogP contribution in [0.5, 0.6) is 0 Å². The van der Waals surface area contributed by atoms with Gasteiger partial charge in [-0.25, -0.2) is 9.18 Å². The van der Waals surface area contributed by atoms with Crippen LogP contribution in [0.3, 0.4) is 0 Å². The summed E-state index contributed by atoms with van der Waals surface area (Å²) in [5, 5.41) is 0. The zero-order chi connectivity index (χ0) is 16.4. The topological polar surface area (TPSA) is 72.6 Å². The standard InChI is InChI=1S/C17H15FN2O3/c18-16-7-13(20-9-14(8-19)23-17(20)22)5-6-15(16)12-3-1-11(10-21)2-4-12/h1-7,10,14H,8-9,19H2/t14-/m0/s1. The lowest BCUT2D eigenvalue weighted by Gasteiger charge is -2.14. The molecule has 3 rings (SSSR count). The first-order chi connectivity index (χ1) is 11.1. The Bertz CT molecular complexity index is 746. The van der Waals surface area contributed by atoms with E-state index < -0.39 is 11.9 Å². The smallest absolute Gasteiger partial charge is 0.414 e. The van der Waals surface area contributed by atoms with Gasteiger partial charge in [-0.05, 0) is 23.8 Å². The van der Waals surface area contributed by atoms with Crippen LogP contribution in [0.2, 0.25) is 0 Å².